The molecule has 0 aliphatic heterocycles. The van der Waals surface area contributed by atoms with E-state index in [1.165, 1.54) is 180 Å². The van der Waals surface area contributed by atoms with Gasteiger partial charge in [0.15, 0.2) is 0 Å². The molecule has 0 heterocycles. The fourth-order valence-electron chi connectivity index (χ4n) is 8.12. The minimum absolute atomic E-state index is 0.100. The molecule has 2 atom stereocenters. The molecular weight excluding hydrogens is 715 g/mol. The van der Waals surface area contributed by atoms with Crippen molar-refractivity contribution in [3.63, 3.8) is 0 Å². The lowest BCUT2D eigenvalue weighted by Crippen LogP contribution is -2.44. The second kappa shape index (κ2) is 38.4. The Kier molecular flexibility index (Phi) is 37.8. The van der Waals surface area contributed by atoms with Crippen LogP contribution in [0.25, 0.3) is 0 Å². The first-order valence-corrected chi connectivity index (χ1v) is 26.6. The van der Waals surface area contributed by atoms with E-state index in [-0.39, 0.29) is 18.2 Å². The van der Waals surface area contributed by atoms with Crippen LogP contribution in [-0.2, 0) is 19.0 Å². The van der Waals surface area contributed by atoms with Crippen molar-refractivity contribution in [3.05, 3.63) is 0 Å². The lowest BCUT2D eigenvalue weighted by molar-refractivity contribution is 0.0130. The molecule has 0 aromatic heterocycles. The van der Waals surface area contributed by atoms with Gasteiger partial charge in [-0.05, 0) is 59.3 Å². The lowest BCUT2D eigenvalue weighted by Gasteiger charge is -2.34. The summed E-state index contributed by atoms with van der Waals surface area (Å²) in [7, 11) is -3.53. The molecule has 0 bridgehead atoms. The van der Waals surface area contributed by atoms with Crippen molar-refractivity contribution in [2.24, 2.45) is 0 Å². The predicted octanol–water partition coefficient (Wildman–Crippen LogP) is 16.4. The van der Waals surface area contributed by atoms with Gasteiger partial charge in [-0.2, -0.15) is 8.42 Å². The summed E-state index contributed by atoms with van der Waals surface area (Å²) in [6, 6.07) is 0.100. The van der Waals surface area contributed by atoms with Crippen molar-refractivity contribution in [3.8, 4) is 0 Å². The van der Waals surface area contributed by atoms with Crippen LogP contribution >= 0.6 is 0 Å². The maximum Gasteiger partial charge on any atom is 0.410 e. The van der Waals surface area contributed by atoms with Gasteiger partial charge in [0.25, 0.3) is 10.1 Å². The van der Waals surface area contributed by atoms with Gasteiger partial charge >= 0.3 is 6.09 Å². The van der Waals surface area contributed by atoms with Crippen molar-refractivity contribution in [1.82, 2.24) is 4.90 Å². The van der Waals surface area contributed by atoms with E-state index in [0.717, 1.165) is 64.3 Å². The number of hydrogen-bond donors (Lipinski definition) is 0. The van der Waals surface area contributed by atoms with Crippen LogP contribution in [0.4, 0.5) is 4.79 Å². The highest BCUT2D eigenvalue weighted by atomic mass is 32.2. The van der Waals surface area contributed by atoms with Gasteiger partial charge in [-0.1, -0.05) is 220 Å². The van der Waals surface area contributed by atoms with Gasteiger partial charge in [0.05, 0.1) is 12.4 Å². The molecule has 336 valence electrons. The second-order valence-electron chi connectivity index (χ2n) is 18.5. The number of rotatable bonds is 42. The molecule has 0 radical (unpaired) electrons. The van der Waals surface area contributed by atoms with E-state index in [9.17, 15) is 13.2 Å². The zero-order chi connectivity index (χ0) is 41.6. The predicted molar refractivity (Wildman–Crippen MR) is 244 cm³/mol. The van der Waals surface area contributed by atoms with Crippen LogP contribution in [0.3, 0.4) is 0 Å². The minimum Gasteiger partial charge on any atom is -0.444 e. The third-order valence-electron chi connectivity index (χ3n) is 11.5. The van der Waals surface area contributed by atoms with Gasteiger partial charge in [-0.3, -0.25) is 4.18 Å². The van der Waals surface area contributed by atoms with Gasteiger partial charge in [0.1, 0.15) is 5.60 Å². The fraction of sp³-hybridized carbons (Fsp3) is 0.980. The number of unbranched alkanes of at least 4 members (excludes halogenated alkanes) is 29. The second-order valence-corrected chi connectivity index (χ2v) is 20.1. The van der Waals surface area contributed by atoms with Crippen LogP contribution in [0.1, 0.15) is 279 Å². The van der Waals surface area contributed by atoms with Crippen molar-refractivity contribution < 1.29 is 22.1 Å². The van der Waals surface area contributed by atoms with E-state index in [2.05, 4.69) is 25.7 Å². The summed E-state index contributed by atoms with van der Waals surface area (Å²) in [5, 5.41) is 0. The summed E-state index contributed by atoms with van der Waals surface area (Å²) in [6.07, 6.45) is 46.1. The van der Waals surface area contributed by atoms with Crippen LogP contribution in [0, 0.1) is 0 Å². The maximum atomic E-state index is 13.8. The average Bonchev–Trinajstić information content (AvgIpc) is 3.13. The molecule has 56 heavy (non-hydrogen) atoms. The van der Waals surface area contributed by atoms with Crippen molar-refractivity contribution >= 4 is 16.2 Å². The van der Waals surface area contributed by atoms with Crippen molar-refractivity contribution in [2.75, 3.05) is 12.8 Å². The van der Waals surface area contributed by atoms with Crippen molar-refractivity contribution in [2.45, 2.75) is 297 Å². The van der Waals surface area contributed by atoms with Crippen LogP contribution in [0.15, 0.2) is 0 Å². The Bertz CT molecular complexity index is 949. The molecule has 0 spiro atoms. The quantitative estimate of drug-likeness (QED) is 0.0453. The highest BCUT2D eigenvalue weighted by Gasteiger charge is 2.28. The first-order valence-electron chi connectivity index (χ1n) is 24.8. The average molecular weight is 814 g/mol. The van der Waals surface area contributed by atoms with E-state index in [0.29, 0.717) is 6.42 Å². The zero-order valence-electron chi connectivity index (χ0n) is 38.9. The smallest absolute Gasteiger partial charge is 0.410 e. The minimum atomic E-state index is -3.53. The Morgan fingerprint density at radius 1 is 0.464 bits per heavy atom. The van der Waals surface area contributed by atoms with E-state index in [1.54, 1.807) is 0 Å². The van der Waals surface area contributed by atoms with Crippen LogP contribution in [-0.4, -0.2) is 50.0 Å². The van der Waals surface area contributed by atoms with Gasteiger partial charge in [0, 0.05) is 12.6 Å². The summed E-state index contributed by atoms with van der Waals surface area (Å²) in [6.45, 7) is 13.4. The Morgan fingerprint density at radius 3 is 1.12 bits per heavy atom. The molecule has 0 aromatic rings. The summed E-state index contributed by atoms with van der Waals surface area (Å²) in [5.74, 6) is 0. The SMILES string of the molecule is CCCCCCCCCCCCCCCCCCN(C(=O)OC(C)(C)C)C(CCCCCCCCCC)CCCC(CCCCCCCCCC)OS(C)(=O)=O. The summed E-state index contributed by atoms with van der Waals surface area (Å²) < 4.78 is 36.1. The number of amides is 1. The first kappa shape index (κ1) is 55.2. The number of nitrogens with zero attached hydrogens (tertiary/aromatic N) is 1. The molecule has 0 aliphatic carbocycles. The monoisotopic (exact) mass is 814 g/mol. The Balaban J connectivity index is 5.16. The first-order chi connectivity index (χ1) is 26.9. The molecule has 0 saturated carbocycles. The number of hydrogen-bond acceptors (Lipinski definition) is 5. The Labute approximate surface area is 351 Å². The molecule has 0 aromatic carbocycles. The van der Waals surface area contributed by atoms with Crippen LogP contribution in [0.2, 0.25) is 0 Å². The highest BCUT2D eigenvalue weighted by molar-refractivity contribution is 7.86. The third-order valence-corrected chi connectivity index (χ3v) is 12.1. The van der Waals surface area contributed by atoms with Crippen LogP contribution < -0.4 is 0 Å². The molecule has 0 fully saturated rings. The van der Waals surface area contributed by atoms with Gasteiger partial charge in [0.2, 0.25) is 0 Å². The van der Waals surface area contributed by atoms with Gasteiger partial charge in [-0.15, -0.1) is 0 Å². The summed E-state index contributed by atoms with van der Waals surface area (Å²) in [4.78, 5) is 15.9. The third kappa shape index (κ3) is 38.7. The standard InChI is InChI=1S/C49H99NO5S/c1-8-11-14-17-20-23-24-25-26-27-28-29-30-33-36-39-45-50(48(51)54-49(4,5)6)46(41-37-34-31-21-18-15-12-9-2)42-40-44-47(55-56(7,52)53)43-38-35-32-22-19-16-13-10-3/h46-47H,8-45H2,1-7H3. The summed E-state index contributed by atoms with van der Waals surface area (Å²) >= 11 is 0. The normalized spacial score (nSPS) is 13.3. The fourth-order valence-corrected chi connectivity index (χ4v) is 8.81. The van der Waals surface area contributed by atoms with Gasteiger partial charge in [-0.25, -0.2) is 4.79 Å². The Morgan fingerprint density at radius 2 is 0.768 bits per heavy atom. The molecule has 0 saturated heterocycles. The lowest BCUT2D eigenvalue weighted by atomic mass is 9.97. The van der Waals surface area contributed by atoms with E-state index in [1.807, 2.05) is 20.8 Å². The molecule has 6 nitrogen and oxygen atoms in total. The molecular formula is C49H99NO5S. The topological polar surface area (TPSA) is 72.9 Å². The largest absolute Gasteiger partial charge is 0.444 e. The number of carbonyl (C=O) groups excluding carboxylic acids is 1. The molecule has 0 rings (SSSR count). The molecule has 2 unspecified atom stereocenters. The molecule has 0 aliphatic rings. The molecule has 0 N–H and O–H groups in total. The number of ether oxygens (including phenoxy) is 1. The van der Waals surface area contributed by atoms with Crippen molar-refractivity contribution in [1.29, 1.82) is 0 Å². The van der Waals surface area contributed by atoms with E-state index >= 15 is 0 Å². The molecule has 1 amide bonds. The number of carbonyl (C=O) groups is 1. The highest BCUT2D eigenvalue weighted by Crippen LogP contribution is 2.25. The zero-order valence-corrected chi connectivity index (χ0v) is 39.7. The molecule has 7 heteroatoms. The van der Waals surface area contributed by atoms with E-state index < -0.39 is 15.7 Å². The Hall–Kier alpha value is -0.820. The maximum absolute atomic E-state index is 13.8. The van der Waals surface area contributed by atoms with E-state index in [4.69, 9.17) is 8.92 Å². The van der Waals surface area contributed by atoms with Gasteiger partial charge < -0.3 is 9.64 Å². The summed E-state index contributed by atoms with van der Waals surface area (Å²) in [5.41, 5.74) is -0.544. The van der Waals surface area contributed by atoms with Crippen LogP contribution in [0.5, 0.6) is 0 Å².